The van der Waals surface area contributed by atoms with E-state index in [9.17, 15) is 24.1 Å². The normalized spacial score (nSPS) is 15.6. The number of thiophene rings is 1. The van der Waals surface area contributed by atoms with E-state index in [1.165, 1.54) is 11.3 Å². The maximum absolute atomic E-state index is 13.3. The van der Waals surface area contributed by atoms with Gasteiger partial charge in [0.15, 0.2) is 6.61 Å². The number of benzene rings is 1. The van der Waals surface area contributed by atoms with Crippen LogP contribution in [0.2, 0.25) is 0 Å². The van der Waals surface area contributed by atoms with Gasteiger partial charge in [0.1, 0.15) is 10.8 Å². The van der Waals surface area contributed by atoms with Gasteiger partial charge in [0, 0.05) is 17.0 Å². The number of primary amides is 1. The van der Waals surface area contributed by atoms with Gasteiger partial charge >= 0.3 is 5.69 Å². The Labute approximate surface area is 163 Å². The molecule has 0 saturated carbocycles. The number of hydrogen-bond acceptors (Lipinski definition) is 6. The van der Waals surface area contributed by atoms with Gasteiger partial charge in [0.25, 0.3) is 11.8 Å². The minimum absolute atomic E-state index is 0.303. The van der Waals surface area contributed by atoms with E-state index >= 15 is 0 Å². The summed E-state index contributed by atoms with van der Waals surface area (Å²) in [4.78, 5) is 35.4. The molecular weight excluding hydrogens is 389 g/mol. The second kappa shape index (κ2) is 7.93. The van der Waals surface area contributed by atoms with Gasteiger partial charge in [-0.15, -0.1) is 11.3 Å². The number of nitrogens with zero attached hydrogens (tertiary/aromatic N) is 1. The van der Waals surface area contributed by atoms with E-state index in [4.69, 9.17) is 10.5 Å². The van der Waals surface area contributed by atoms with Crippen LogP contribution in [0.25, 0.3) is 0 Å². The van der Waals surface area contributed by atoms with Crippen LogP contribution in [0.5, 0.6) is 5.75 Å². The van der Waals surface area contributed by atoms with Gasteiger partial charge in [-0.3, -0.25) is 19.7 Å². The van der Waals surface area contributed by atoms with Gasteiger partial charge in [-0.1, -0.05) is 6.92 Å². The second-order valence-corrected chi connectivity index (χ2v) is 7.73. The van der Waals surface area contributed by atoms with Crippen LogP contribution in [0, 0.1) is 21.8 Å². The van der Waals surface area contributed by atoms with Crippen molar-refractivity contribution in [2.45, 2.75) is 26.2 Å². The summed E-state index contributed by atoms with van der Waals surface area (Å²) in [6, 6.07) is 2.73. The Balaban J connectivity index is 1.75. The zero-order valence-corrected chi connectivity index (χ0v) is 15.8. The van der Waals surface area contributed by atoms with Crippen molar-refractivity contribution in [3.05, 3.63) is 50.1 Å². The molecule has 0 unspecified atom stereocenters. The van der Waals surface area contributed by atoms with Crippen molar-refractivity contribution in [1.82, 2.24) is 0 Å². The number of carbonyl (C=O) groups is 2. The van der Waals surface area contributed by atoms with Gasteiger partial charge in [-0.25, -0.2) is 4.39 Å². The third-order valence-corrected chi connectivity index (χ3v) is 5.66. The number of nitro groups is 1. The van der Waals surface area contributed by atoms with E-state index in [1.54, 1.807) is 0 Å². The molecule has 10 heteroatoms. The Kier molecular flexibility index (Phi) is 5.59. The largest absolute Gasteiger partial charge is 0.477 e. The van der Waals surface area contributed by atoms with E-state index in [0.717, 1.165) is 41.5 Å². The lowest BCUT2D eigenvalue weighted by Crippen LogP contribution is -2.23. The summed E-state index contributed by atoms with van der Waals surface area (Å²) >= 11 is 1.30. The Hall–Kier alpha value is -3.01. The number of nitrogens with one attached hydrogen (secondary N) is 1. The number of carbonyl (C=O) groups excluding carboxylic acids is 2. The van der Waals surface area contributed by atoms with E-state index < -0.39 is 34.8 Å². The van der Waals surface area contributed by atoms with Gasteiger partial charge < -0.3 is 15.8 Å². The molecule has 0 spiro atoms. The first-order valence-corrected chi connectivity index (χ1v) is 9.38. The molecule has 0 fully saturated rings. The van der Waals surface area contributed by atoms with Crippen LogP contribution >= 0.6 is 11.3 Å². The van der Waals surface area contributed by atoms with Crippen LogP contribution in [0.1, 0.15) is 34.1 Å². The summed E-state index contributed by atoms with van der Waals surface area (Å²) in [6.45, 7) is 1.53. The highest BCUT2D eigenvalue weighted by Crippen LogP contribution is 2.39. The molecule has 3 rings (SSSR count). The topological polar surface area (TPSA) is 125 Å². The third-order valence-electron chi connectivity index (χ3n) is 4.49. The molecule has 1 atom stereocenters. The Morgan fingerprint density at radius 1 is 1.46 bits per heavy atom. The number of hydrogen-bond donors (Lipinski definition) is 2. The smallest absolute Gasteiger partial charge is 0.311 e. The molecular formula is C18H18FN3O5S. The second-order valence-electron chi connectivity index (χ2n) is 6.63. The molecule has 0 bridgehead atoms. The first-order chi connectivity index (χ1) is 13.3. The van der Waals surface area contributed by atoms with E-state index in [-0.39, 0.29) is 5.75 Å². The standard InChI is InChI=1S/C18H18FN3O5S/c1-9-2-4-11-14(6-9)28-18(16(11)17(20)24)21-15(23)8-27-13-7-10(19)3-5-12(13)22(25)26/h3,5,7,9H,2,4,6,8H2,1H3,(H2,20,24)(H,21,23)/t9-/m0/s1. The van der Waals surface area contributed by atoms with Gasteiger partial charge in [0.05, 0.1) is 10.5 Å². The summed E-state index contributed by atoms with van der Waals surface area (Å²) in [5.74, 6) is -1.85. The number of amides is 2. The zero-order valence-electron chi connectivity index (χ0n) is 15.0. The quantitative estimate of drug-likeness (QED) is 0.562. The lowest BCUT2D eigenvalue weighted by molar-refractivity contribution is -0.385. The number of ether oxygens (including phenoxy) is 1. The molecule has 148 valence electrons. The van der Waals surface area contributed by atoms with Crippen molar-refractivity contribution in [2.24, 2.45) is 11.7 Å². The van der Waals surface area contributed by atoms with Crippen LogP contribution in [0.15, 0.2) is 18.2 Å². The fraction of sp³-hybridized carbons (Fsp3) is 0.333. The maximum atomic E-state index is 13.3. The molecule has 2 aromatic rings. The van der Waals surface area contributed by atoms with Gasteiger partial charge in [-0.2, -0.15) is 0 Å². The third kappa shape index (κ3) is 4.11. The van der Waals surface area contributed by atoms with Gasteiger partial charge in [-0.05, 0) is 36.8 Å². The van der Waals surface area contributed by atoms with Crippen LogP contribution < -0.4 is 15.8 Å². The molecule has 0 radical (unpaired) electrons. The number of rotatable bonds is 6. The summed E-state index contributed by atoms with van der Waals surface area (Å²) in [5.41, 5.74) is 6.22. The average molecular weight is 407 g/mol. The molecule has 1 aromatic carbocycles. The molecule has 3 N–H and O–H groups in total. The highest BCUT2D eigenvalue weighted by Gasteiger charge is 2.27. The monoisotopic (exact) mass is 407 g/mol. The predicted octanol–water partition coefficient (Wildman–Crippen LogP) is 3.04. The van der Waals surface area contributed by atoms with Crippen molar-refractivity contribution >= 4 is 33.8 Å². The first-order valence-electron chi connectivity index (χ1n) is 8.57. The van der Waals surface area contributed by atoms with Gasteiger partial charge in [0.2, 0.25) is 5.75 Å². The summed E-state index contributed by atoms with van der Waals surface area (Å²) in [7, 11) is 0. The minimum Gasteiger partial charge on any atom is -0.477 e. The lowest BCUT2D eigenvalue weighted by Gasteiger charge is -2.18. The predicted molar refractivity (Wildman–Crippen MR) is 101 cm³/mol. The molecule has 1 aliphatic rings. The van der Waals surface area contributed by atoms with Crippen LogP contribution in [-0.2, 0) is 17.6 Å². The van der Waals surface area contributed by atoms with Crippen molar-refractivity contribution in [1.29, 1.82) is 0 Å². The molecule has 1 heterocycles. The summed E-state index contributed by atoms with van der Waals surface area (Å²) in [6.07, 6.45) is 2.46. The molecule has 28 heavy (non-hydrogen) atoms. The maximum Gasteiger partial charge on any atom is 0.311 e. The number of nitrogens with two attached hydrogens (primary N) is 1. The zero-order chi connectivity index (χ0) is 20.4. The van der Waals surface area contributed by atoms with E-state index in [1.807, 2.05) is 0 Å². The fourth-order valence-corrected chi connectivity index (χ4v) is 4.59. The van der Waals surface area contributed by atoms with Crippen molar-refractivity contribution in [3.8, 4) is 5.75 Å². The van der Waals surface area contributed by atoms with Crippen molar-refractivity contribution < 1.29 is 23.6 Å². The highest BCUT2D eigenvalue weighted by atomic mass is 32.1. The summed E-state index contributed by atoms with van der Waals surface area (Å²) in [5, 5.41) is 13.9. The molecule has 2 amide bonds. The van der Waals surface area contributed by atoms with Crippen molar-refractivity contribution in [2.75, 3.05) is 11.9 Å². The van der Waals surface area contributed by atoms with Crippen LogP contribution in [0.3, 0.4) is 0 Å². The van der Waals surface area contributed by atoms with E-state index in [2.05, 4.69) is 12.2 Å². The number of fused-ring (bicyclic) bond motifs is 1. The molecule has 0 saturated heterocycles. The molecule has 0 aliphatic heterocycles. The highest BCUT2D eigenvalue weighted by molar-refractivity contribution is 7.17. The lowest BCUT2D eigenvalue weighted by atomic mass is 9.88. The van der Waals surface area contributed by atoms with Crippen molar-refractivity contribution in [3.63, 3.8) is 0 Å². The molecule has 1 aliphatic carbocycles. The Morgan fingerprint density at radius 3 is 2.89 bits per heavy atom. The molecule has 8 nitrogen and oxygen atoms in total. The van der Waals surface area contributed by atoms with Crippen LogP contribution in [0.4, 0.5) is 15.1 Å². The number of nitro benzene ring substituents is 1. The Morgan fingerprint density at radius 2 is 2.21 bits per heavy atom. The average Bonchev–Trinajstić information content (AvgIpc) is 2.96. The fourth-order valence-electron chi connectivity index (χ4n) is 3.16. The Bertz CT molecular complexity index is 959. The number of halogens is 1. The minimum atomic E-state index is -0.730. The number of anilines is 1. The SMILES string of the molecule is C[C@H]1CCc2c(sc(NC(=O)COc3cc(F)ccc3[N+](=O)[O-])c2C(N)=O)C1. The summed E-state index contributed by atoms with van der Waals surface area (Å²) < 4.78 is 18.5. The van der Waals surface area contributed by atoms with E-state index in [0.29, 0.717) is 22.9 Å². The molecule has 1 aromatic heterocycles. The van der Waals surface area contributed by atoms with Crippen LogP contribution in [-0.4, -0.2) is 23.3 Å². The first kappa shape index (κ1) is 19.7.